The molecule has 0 radical (unpaired) electrons. The molecule has 1 nitrogen and oxygen atoms in total. The van der Waals surface area contributed by atoms with Crippen molar-refractivity contribution < 1.29 is 4.79 Å². The van der Waals surface area contributed by atoms with Gasteiger partial charge in [0.05, 0.1) is 0 Å². The van der Waals surface area contributed by atoms with Crippen molar-refractivity contribution in [1.29, 1.82) is 0 Å². The number of rotatable bonds is 4. The molecule has 1 aromatic rings. The van der Waals surface area contributed by atoms with Crippen molar-refractivity contribution >= 4 is 11.4 Å². The first-order chi connectivity index (χ1) is 10.8. The van der Waals surface area contributed by atoms with E-state index in [1.54, 1.807) is 0 Å². The number of hydrogen-bond donors (Lipinski definition) is 0. The van der Waals surface area contributed by atoms with E-state index in [2.05, 4.69) is 43.3 Å². The monoisotopic (exact) mass is 290 g/mol. The van der Waals surface area contributed by atoms with Gasteiger partial charge in [-0.3, -0.25) is 4.79 Å². The second-order valence-corrected chi connectivity index (χ2v) is 5.92. The molecule has 0 fully saturated rings. The minimum absolute atomic E-state index is 0.237. The molecule has 112 valence electrons. The number of Topliss-reactive ketones (excluding diaryl/α,β-unsaturated/α-hetero) is 1. The fraction of sp³-hybridized carbons (Fsp3) is 0.286. The SMILES string of the molecule is CCc1ccc(C2=CC=C(C(=O)C3=CC=CCC3)CC2)cc1. The molecule has 1 heteroatoms. The molecule has 0 unspecified atom stereocenters. The lowest BCUT2D eigenvalue weighted by molar-refractivity contribution is -0.112. The largest absolute Gasteiger partial charge is 0.289 e. The maximum atomic E-state index is 12.5. The Morgan fingerprint density at radius 2 is 1.73 bits per heavy atom. The van der Waals surface area contributed by atoms with E-state index in [0.717, 1.165) is 43.3 Å². The van der Waals surface area contributed by atoms with Crippen LogP contribution in [0.3, 0.4) is 0 Å². The first kappa shape index (κ1) is 14.8. The molecule has 1 aromatic carbocycles. The summed E-state index contributed by atoms with van der Waals surface area (Å²) >= 11 is 0. The number of hydrogen-bond acceptors (Lipinski definition) is 1. The van der Waals surface area contributed by atoms with Gasteiger partial charge < -0.3 is 0 Å². The van der Waals surface area contributed by atoms with Gasteiger partial charge in [-0.05, 0) is 48.8 Å². The lowest BCUT2D eigenvalue weighted by Gasteiger charge is -2.16. The number of ketones is 1. The second kappa shape index (κ2) is 6.74. The Kier molecular flexibility index (Phi) is 4.53. The van der Waals surface area contributed by atoms with Crippen LogP contribution < -0.4 is 0 Å². The Balaban J connectivity index is 1.76. The molecule has 0 saturated heterocycles. The molecule has 0 atom stereocenters. The van der Waals surface area contributed by atoms with Crippen LogP contribution in [0.2, 0.25) is 0 Å². The van der Waals surface area contributed by atoms with Crippen LogP contribution in [0.25, 0.3) is 5.57 Å². The van der Waals surface area contributed by atoms with Gasteiger partial charge in [0, 0.05) is 11.1 Å². The molecule has 0 amide bonds. The van der Waals surface area contributed by atoms with Crippen molar-refractivity contribution in [3.63, 3.8) is 0 Å². The summed E-state index contributed by atoms with van der Waals surface area (Å²) < 4.78 is 0. The molecular weight excluding hydrogens is 268 g/mol. The molecule has 0 saturated carbocycles. The Morgan fingerprint density at radius 3 is 2.32 bits per heavy atom. The fourth-order valence-corrected chi connectivity index (χ4v) is 3.02. The number of carbonyl (C=O) groups is 1. The van der Waals surface area contributed by atoms with E-state index in [1.807, 2.05) is 18.2 Å². The lowest BCUT2D eigenvalue weighted by atomic mass is 9.87. The lowest BCUT2D eigenvalue weighted by Crippen LogP contribution is -2.09. The summed E-state index contributed by atoms with van der Waals surface area (Å²) in [6.45, 7) is 2.17. The van der Waals surface area contributed by atoms with E-state index in [9.17, 15) is 4.79 Å². The van der Waals surface area contributed by atoms with Gasteiger partial charge in [-0.25, -0.2) is 0 Å². The van der Waals surface area contributed by atoms with Crippen LogP contribution >= 0.6 is 0 Å². The summed E-state index contributed by atoms with van der Waals surface area (Å²) in [5, 5.41) is 0. The van der Waals surface area contributed by atoms with Crippen LogP contribution in [0.5, 0.6) is 0 Å². The van der Waals surface area contributed by atoms with Crippen molar-refractivity contribution in [1.82, 2.24) is 0 Å². The molecule has 2 aliphatic rings. The number of benzene rings is 1. The summed E-state index contributed by atoms with van der Waals surface area (Å²) in [7, 11) is 0. The first-order valence-electron chi connectivity index (χ1n) is 8.17. The van der Waals surface area contributed by atoms with E-state index < -0.39 is 0 Å². The van der Waals surface area contributed by atoms with Crippen LogP contribution in [-0.4, -0.2) is 5.78 Å². The molecule has 0 aromatic heterocycles. The van der Waals surface area contributed by atoms with Gasteiger partial charge in [-0.1, -0.05) is 61.6 Å². The number of carbonyl (C=O) groups excluding carboxylic acids is 1. The van der Waals surface area contributed by atoms with E-state index in [1.165, 1.54) is 16.7 Å². The standard InChI is InChI=1S/C21H22O/c1-2-16-8-10-17(11-9-16)18-12-14-20(15-13-18)21(22)19-6-4-3-5-7-19/h3-4,6,8-12,14H,2,5,7,13,15H2,1H3. The average molecular weight is 290 g/mol. The van der Waals surface area contributed by atoms with E-state index >= 15 is 0 Å². The minimum atomic E-state index is 0.237. The predicted octanol–water partition coefficient (Wildman–Crippen LogP) is 5.20. The Morgan fingerprint density at radius 1 is 0.955 bits per heavy atom. The molecule has 2 aliphatic carbocycles. The maximum absolute atomic E-state index is 12.5. The first-order valence-corrected chi connectivity index (χ1v) is 8.17. The van der Waals surface area contributed by atoms with Crippen molar-refractivity contribution in [2.45, 2.75) is 39.0 Å². The summed E-state index contributed by atoms with van der Waals surface area (Å²) in [5.41, 5.74) is 5.88. The van der Waals surface area contributed by atoms with Gasteiger partial charge >= 0.3 is 0 Å². The molecule has 3 rings (SSSR count). The quantitative estimate of drug-likeness (QED) is 0.745. The highest BCUT2D eigenvalue weighted by Gasteiger charge is 2.18. The highest BCUT2D eigenvalue weighted by molar-refractivity contribution is 6.09. The van der Waals surface area contributed by atoms with Crippen LogP contribution in [0, 0.1) is 0 Å². The van der Waals surface area contributed by atoms with Gasteiger partial charge in [0.15, 0.2) is 5.78 Å². The second-order valence-electron chi connectivity index (χ2n) is 5.92. The molecule has 0 spiro atoms. The maximum Gasteiger partial charge on any atom is 0.185 e. The van der Waals surface area contributed by atoms with Crippen molar-refractivity contribution in [2.24, 2.45) is 0 Å². The molecule has 0 aliphatic heterocycles. The zero-order chi connectivity index (χ0) is 15.4. The van der Waals surface area contributed by atoms with Crippen LogP contribution in [-0.2, 0) is 11.2 Å². The topological polar surface area (TPSA) is 17.1 Å². The molecule has 22 heavy (non-hydrogen) atoms. The summed E-state index contributed by atoms with van der Waals surface area (Å²) in [6, 6.07) is 8.78. The van der Waals surface area contributed by atoms with Gasteiger partial charge in [-0.15, -0.1) is 0 Å². The van der Waals surface area contributed by atoms with Gasteiger partial charge in [0.25, 0.3) is 0 Å². The highest BCUT2D eigenvalue weighted by Crippen LogP contribution is 2.29. The van der Waals surface area contributed by atoms with Crippen LogP contribution in [0.4, 0.5) is 0 Å². The van der Waals surface area contributed by atoms with Crippen LogP contribution in [0.1, 0.15) is 43.7 Å². The number of allylic oxidation sites excluding steroid dienone is 8. The zero-order valence-corrected chi connectivity index (χ0v) is 13.1. The van der Waals surface area contributed by atoms with Gasteiger partial charge in [0.2, 0.25) is 0 Å². The predicted molar refractivity (Wildman–Crippen MR) is 92.6 cm³/mol. The third-order valence-corrected chi connectivity index (χ3v) is 4.48. The van der Waals surface area contributed by atoms with Crippen molar-refractivity contribution in [3.8, 4) is 0 Å². The van der Waals surface area contributed by atoms with Crippen LogP contribution in [0.15, 0.2) is 65.8 Å². The van der Waals surface area contributed by atoms with Crippen molar-refractivity contribution in [2.75, 3.05) is 0 Å². The van der Waals surface area contributed by atoms with Crippen molar-refractivity contribution in [3.05, 3.63) is 76.9 Å². The molecule has 0 bridgehead atoms. The third-order valence-electron chi connectivity index (χ3n) is 4.48. The fourth-order valence-electron chi connectivity index (χ4n) is 3.02. The summed E-state index contributed by atoms with van der Waals surface area (Å²) in [6.07, 6.45) is 15.0. The van der Waals surface area contributed by atoms with Gasteiger partial charge in [-0.2, -0.15) is 0 Å². The zero-order valence-electron chi connectivity index (χ0n) is 13.1. The van der Waals surface area contributed by atoms with E-state index in [4.69, 9.17) is 0 Å². The normalized spacial score (nSPS) is 17.6. The van der Waals surface area contributed by atoms with E-state index in [-0.39, 0.29) is 5.78 Å². The summed E-state index contributed by atoms with van der Waals surface area (Å²) in [5.74, 6) is 0.237. The molecule has 0 heterocycles. The highest BCUT2D eigenvalue weighted by atomic mass is 16.1. The Hall–Kier alpha value is -2.15. The third kappa shape index (κ3) is 3.19. The summed E-state index contributed by atoms with van der Waals surface area (Å²) in [4.78, 5) is 12.5. The minimum Gasteiger partial charge on any atom is -0.289 e. The smallest absolute Gasteiger partial charge is 0.185 e. The van der Waals surface area contributed by atoms with E-state index in [0.29, 0.717) is 0 Å². The van der Waals surface area contributed by atoms with Gasteiger partial charge in [0.1, 0.15) is 0 Å². The Bertz CT molecular complexity index is 681. The number of aryl methyl sites for hydroxylation is 1. The Labute approximate surface area is 132 Å². The molecule has 0 N–H and O–H groups in total. The average Bonchev–Trinajstić information content (AvgIpc) is 2.62. The molecular formula is C21H22O.